The van der Waals surface area contributed by atoms with E-state index in [0.29, 0.717) is 24.1 Å². The molecule has 0 atom stereocenters. The van der Waals surface area contributed by atoms with E-state index in [4.69, 9.17) is 9.52 Å². The summed E-state index contributed by atoms with van der Waals surface area (Å²) in [6.07, 6.45) is 5.08. The smallest absolute Gasteiger partial charge is 0.255 e. The Morgan fingerprint density at radius 1 is 1.48 bits per heavy atom. The number of hydrogen-bond donors (Lipinski definition) is 1. The largest absolute Gasteiger partial charge is 0.467 e. The fourth-order valence-corrected chi connectivity index (χ4v) is 1.77. The molecule has 0 spiro atoms. The molecule has 0 saturated heterocycles. The number of aliphatic hydroxyl groups is 1. The third-order valence-corrected chi connectivity index (χ3v) is 2.77. The number of rotatable bonds is 4. The van der Waals surface area contributed by atoms with Crippen molar-refractivity contribution in [2.45, 2.75) is 13.0 Å². The van der Waals surface area contributed by atoms with Gasteiger partial charge in [0.05, 0.1) is 25.0 Å². The van der Waals surface area contributed by atoms with Gasteiger partial charge in [0, 0.05) is 31.4 Å². The van der Waals surface area contributed by atoms with E-state index in [2.05, 4.69) is 16.8 Å². The van der Waals surface area contributed by atoms with Crippen LogP contribution in [0.3, 0.4) is 0 Å². The summed E-state index contributed by atoms with van der Waals surface area (Å²) in [7, 11) is 1.70. The van der Waals surface area contributed by atoms with Crippen LogP contribution in [-0.2, 0) is 6.54 Å². The Bertz CT molecular complexity index is 654. The number of carbonyl (C=O) groups is 1. The molecule has 0 radical (unpaired) electrons. The van der Waals surface area contributed by atoms with Crippen molar-refractivity contribution in [3.63, 3.8) is 0 Å². The third kappa shape index (κ3) is 4.20. The molecule has 2 aromatic rings. The molecule has 2 rings (SSSR count). The van der Waals surface area contributed by atoms with Gasteiger partial charge in [0.25, 0.3) is 5.91 Å². The highest BCUT2D eigenvalue weighted by Crippen LogP contribution is 2.09. The number of pyridine rings is 1. The topological polar surface area (TPSA) is 66.6 Å². The second kappa shape index (κ2) is 7.27. The van der Waals surface area contributed by atoms with Crippen LogP contribution in [0.25, 0.3) is 0 Å². The van der Waals surface area contributed by atoms with Gasteiger partial charge in [-0.15, -0.1) is 0 Å². The molecule has 2 heterocycles. The molecule has 5 nitrogen and oxygen atoms in total. The Balaban J connectivity index is 2.08. The zero-order chi connectivity index (χ0) is 15.1. The van der Waals surface area contributed by atoms with Crippen LogP contribution in [0, 0.1) is 11.8 Å². The molecule has 1 amide bonds. The Kier molecular flexibility index (Phi) is 5.13. The van der Waals surface area contributed by atoms with E-state index in [0.717, 1.165) is 5.76 Å². The van der Waals surface area contributed by atoms with Gasteiger partial charge >= 0.3 is 0 Å². The van der Waals surface area contributed by atoms with E-state index >= 15 is 0 Å². The maximum Gasteiger partial charge on any atom is 0.255 e. The zero-order valence-corrected chi connectivity index (χ0v) is 11.7. The number of aliphatic hydroxyl groups excluding tert-OH is 1. The lowest BCUT2D eigenvalue weighted by Crippen LogP contribution is -2.26. The minimum absolute atomic E-state index is 0.0188. The van der Waals surface area contributed by atoms with Crippen LogP contribution in [0.4, 0.5) is 0 Å². The fraction of sp³-hybridized carbons (Fsp3) is 0.250. The monoisotopic (exact) mass is 284 g/mol. The maximum absolute atomic E-state index is 12.3. The van der Waals surface area contributed by atoms with Crippen molar-refractivity contribution in [3.8, 4) is 11.8 Å². The molecule has 0 aliphatic carbocycles. The first kappa shape index (κ1) is 14.8. The van der Waals surface area contributed by atoms with Gasteiger partial charge in [0.1, 0.15) is 5.76 Å². The lowest BCUT2D eigenvalue weighted by molar-refractivity contribution is 0.0775. The minimum atomic E-state index is -0.148. The number of amides is 1. The second-order valence-electron chi connectivity index (χ2n) is 4.48. The molecule has 0 bridgehead atoms. The summed E-state index contributed by atoms with van der Waals surface area (Å²) >= 11 is 0. The first-order chi connectivity index (χ1) is 10.2. The SMILES string of the molecule is CN(Cc1ccco1)C(=O)c1cncc(C#CCCO)c1. The molecule has 0 aromatic carbocycles. The summed E-state index contributed by atoms with van der Waals surface area (Å²) in [5.74, 6) is 6.24. The van der Waals surface area contributed by atoms with Crippen molar-refractivity contribution in [2.75, 3.05) is 13.7 Å². The molecule has 0 aliphatic heterocycles. The maximum atomic E-state index is 12.3. The summed E-state index contributed by atoms with van der Waals surface area (Å²) in [4.78, 5) is 17.9. The highest BCUT2D eigenvalue weighted by atomic mass is 16.3. The highest BCUT2D eigenvalue weighted by Gasteiger charge is 2.13. The molecule has 0 saturated carbocycles. The average Bonchev–Trinajstić information content (AvgIpc) is 3.00. The quantitative estimate of drug-likeness (QED) is 0.867. The summed E-state index contributed by atoms with van der Waals surface area (Å²) in [5.41, 5.74) is 1.13. The Labute approximate surface area is 123 Å². The minimum Gasteiger partial charge on any atom is -0.467 e. The third-order valence-electron chi connectivity index (χ3n) is 2.77. The van der Waals surface area contributed by atoms with Crippen molar-refractivity contribution in [2.24, 2.45) is 0 Å². The number of carbonyl (C=O) groups excluding carboxylic acids is 1. The lowest BCUT2D eigenvalue weighted by atomic mass is 10.2. The average molecular weight is 284 g/mol. The van der Waals surface area contributed by atoms with Gasteiger partial charge < -0.3 is 14.4 Å². The normalized spacial score (nSPS) is 9.81. The van der Waals surface area contributed by atoms with Crippen molar-refractivity contribution < 1.29 is 14.3 Å². The molecule has 0 fully saturated rings. The van der Waals surface area contributed by atoms with Gasteiger partial charge in [-0.05, 0) is 18.2 Å². The number of nitrogens with zero attached hydrogens (tertiary/aromatic N) is 2. The van der Waals surface area contributed by atoms with Gasteiger partial charge in [-0.25, -0.2) is 0 Å². The Hall–Kier alpha value is -2.58. The van der Waals surface area contributed by atoms with Crippen LogP contribution in [-0.4, -0.2) is 34.6 Å². The lowest BCUT2D eigenvalue weighted by Gasteiger charge is -2.15. The van der Waals surface area contributed by atoms with Crippen LogP contribution in [0.1, 0.15) is 28.1 Å². The molecule has 0 aliphatic rings. The van der Waals surface area contributed by atoms with E-state index in [9.17, 15) is 4.79 Å². The Morgan fingerprint density at radius 2 is 2.33 bits per heavy atom. The van der Waals surface area contributed by atoms with Crippen LogP contribution in [0.2, 0.25) is 0 Å². The van der Waals surface area contributed by atoms with Gasteiger partial charge in [0.2, 0.25) is 0 Å². The summed E-state index contributed by atoms with van der Waals surface area (Å²) in [6, 6.07) is 5.30. The van der Waals surface area contributed by atoms with Crippen LogP contribution in [0.15, 0.2) is 41.3 Å². The van der Waals surface area contributed by atoms with E-state index < -0.39 is 0 Å². The predicted molar refractivity (Wildman–Crippen MR) is 77.3 cm³/mol. The van der Waals surface area contributed by atoms with Crippen LogP contribution >= 0.6 is 0 Å². The molecular formula is C16H16N2O3. The predicted octanol–water partition coefficient (Wildman–Crippen LogP) is 1.68. The molecule has 2 aromatic heterocycles. The Morgan fingerprint density at radius 3 is 3.05 bits per heavy atom. The van der Waals surface area contributed by atoms with Crippen molar-refractivity contribution in [1.82, 2.24) is 9.88 Å². The molecule has 0 unspecified atom stereocenters. The summed E-state index contributed by atoms with van der Waals surface area (Å²) in [5, 5.41) is 8.69. The number of hydrogen-bond acceptors (Lipinski definition) is 4. The first-order valence-electron chi connectivity index (χ1n) is 6.53. The zero-order valence-electron chi connectivity index (χ0n) is 11.7. The molecule has 5 heteroatoms. The van der Waals surface area contributed by atoms with Crippen molar-refractivity contribution in [1.29, 1.82) is 0 Å². The standard InChI is InChI=1S/C16H16N2O3/c1-18(12-15-6-4-8-21-15)16(20)14-9-13(10-17-11-14)5-2-3-7-19/h4,6,8-11,19H,3,7,12H2,1H3. The molecule has 108 valence electrons. The number of furan rings is 1. The number of aromatic nitrogens is 1. The first-order valence-corrected chi connectivity index (χ1v) is 6.53. The fourth-order valence-electron chi connectivity index (χ4n) is 1.77. The molecule has 21 heavy (non-hydrogen) atoms. The molecular weight excluding hydrogens is 268 g/mol. The van der Waals surface area contributed by atoms with Gasteiger partial charge in [-0.3, -0.25) is 9.78 Å². The van der Waals surface area contributed by atoms with E-state index in [1.54, 1.807) is 36.5 Å². The van der Waals surface area contributed by atoms with Gasteiger partial charge in [0.15, 0.2) is 0 Å². The molecule has 1 N–H and O–H groups in total. The van der Waals surface area contributed by atoms with E-state index in [-0.39, 0.29) is 12.5 Å². The van der Waals surface area contributed by atoms with E-state index in [1.807, 2.05) is 6.07 Å². The van der Waals surface area contributed by atoms with E-state index in [1.165, 1.54) is 6.20 Å². The summed E-state index contributed by atoms with van der Waals surface area (Å²) < 4.78 is 5.22. The van der Waals surface area contributed by atoms with Crippen molar-refractivity contribution >= 4 is 5.91 Å². The van der Waals surface area contributed by atoms with Crippen LogP contribution < -0.4 is 0 Å². The van der Waals surface area contributed by atoms with Crippen molar-refractivity contribution in [3.05, 3.63) is 53.7 Å². The summed E-state index contributed by atoms with van der Waals surface area (Å²) in [6.45, 7) is 0.414. The van der Waals surface area contributed by atoms with Gasteiger partial charge in [-0.2, -0.15) is 0 Å². The van der Waals surface area contributed by atoms with Crippen LogP contribution in [0.5, 0.6) is 0 Å². The highest BCUT2D eigenvalue weighted by molar-refractivity contribution is 5.94. The second-order valence-corrected chi connectivity index (χ2v) is 4.48. The van der Waals surface area contributed by atoms with Gasteiger partial charge in [-0.1, -0.05) is 11.8 Å².